The van der Waals surface area contributed by atoms with Crippen molar-refractivity contribution in [1.29, 1.82) is 0 Å². The van der Waals surface area contributed by atoms with E-state index in [9.17, 15) is 14.4 Å². The summed E-state index contributed by atoms with van der Waals surface area (Å²) >= 11 is 1.14. The van der Waals surface area contributed by atoms with E-state index in [1.165, 1.54) is 10.3 Å². The molecular weight excluding hydrogens is 298 g/mol. The molecule has 0 saturated heterocycles. The van der Waals surface area contributed by atoms with Crippen LogP contribution < -0.4 is 5.32 Å². The van der Waals surface area contributed by atoms with Gasteiger partial charge in [-0.15, -0.1) is 11.3 Å². The van der Waals surface area contributed by atoms with Gasteiger partial charge in [-0.25, -0.2) is 14.6 Å². The van der Waals surface area contributed by atoms with Crippen LogP contribution >= 0.6 is 11.3 Å². The van der Waals surface area contributed by atoms with Crippen LogP contribution in [0, 0.1) is 0 Å². The molecule has 2 N–H and O–H groups in total. The highest BCUT2D eigenvalue weighted by Gasteiger charge is 2.16. The number of urea groups is 1. The van der Waals surface area contributed by atoms with Crippen LogP contribution in [0.4, 0.5) is 4.79 Å². The van der Waals surface area contributed by atoms with E-state index in [0.29, 0.717) is 11.6 Å². The van der Waals surface area contributed by atoms with E-state index < -0.39 is 18.0 Å². The summed E-state index contributed by atoms with van der Waals surface area (Å²) in [5.41, 5.74) is -0.0527. The lowest BCUT2D eigenvalue weighted by Gasteiger charge is -2.19. The number of rotatable bonds is 7. The maximum absolute atomic E-state index is 11.9. The van der Waals surface area contributed by atoms with Gasteiger partial charge in [0.2, 0.25) is 0 Å². The van der Waals surface area contributed by atoms with Crippen molar-refractivity contribution in [2.45, 2.75) is 20.4 Å². The third-order valence-electron chi connectivity index (χ3n) is 2.46. The first-order chi connectivity index (χ1) is 9.97. The Balaban J connectivity index is 2.49. The Bertz CT molecular complexity index is 517. The summed E-state index contributed by atoms with van der Waals surface area (Å²) in [4.78, 5) is 39.1. The average Bonchev–Trinajstić information content (AvgIpc) is 2.91. The molecule has 1 heterocycles. The van der Waals surface area contributed by atoms with Gasteiger partial charge in [-0.3, -0.25) is 4.79 Å². The van der Waals surface area contributed by atoms with E-state index in [-0.39, 0.29) is 25.4 Å². The van der Waals surface area contributed by atoms with Crippen molar-refractivity contribution < 1.29 is 24.2 Å². The average molecular weight is 315 g/mol. The zero-order valence-electron chi connectivity index (χ0n) is 11.8. The molecule has 1 aromatic rings. The molecule has 0 spiro atoms. The first-order valence-corrected chi connectivity index (χ1v) is 7.22. The fraction of sp³-hybridized carbons (Fsp3) is 0.500. The second-order valence-electron chi connectivity index (χ2n) is 3.91. The van der Waals surface area contributed by atoms with E-state index in [2.05, 4.69) is 10.3 Å². The zero-order chi connectivity index (χ0) is 15.8. The molecule has 0 bridgehead atoms. The SMILES string of the molecule is CCOC(=O)CN(CC)C(=O)NCc1nc(C(=O)O)cs1. The normalized spacial score (nSPS) is 10.0. The number of nitrogens with one attached hydrogen (secondary N) is 1. The van der Waals surface area contributed by atoms with Gasteiger partial charge in [0.1, 0.15) is 11.6 Å². The zero-order valence-corrected chi connectivity index (χ0v) is 12.6. The van der Waals surface area contributed by atoms with Gasteiger partial charge < -0.3 is 20.1 Å². The number of thiazole rings is 1. The fourth-order valence-corrected chi connectivity index (χ4v) is 2.15. The van der Waals surface area contributed by atoms with Gasteiger partial charge in [-0.1, -0.05) is 0 Å². The molecule has 0 fully saturated rings. The van der Waals surface area contributed by atoms with Crippen LogP contribution in [0.5, 0.6) is 0 Å². The summed E-state index contributed by atoms with van der Waals surface area (Å²) in [5, 5.41) is 13.2. The molecular formula is C12H17N3O5S. The highest BCUT2D eigenvalue weighted by Crippen LogP contribution is 2.09. The number of hydrogen-bond acceptors (Lipinski definition) is 6. The quantitative estimate of drug-likeness (QED) is 0.725. The van der Waals surface area contributed by atoms with Crippen LogP contribution in [-0.4, -0.2) is 52.7 Å². The predicted molar refractivity (Wildman–Crippen MR) is 75.2 cm³/mol. The summed E-state index contributed by atoms with van der Waals surface area (Å²) in [7, 11) is 0. The number of carboxylic acids is 1. The lowest BCUT2D eigenvalue weighted by Crippen LogP contribution is -2.42. The molecule has 0 atom stereocenters. The minimum atomic E-state index is -1.11. The molecule has 116 valence electrons. The number of carboxylic acid groups (broad SMARTS) is 1. The Hall–Kier alpha value is -2.16. The largest absolute Gasteiger partial charge is 0.476 e. The fourth-order valence-electron chi connectivity index (χ4n) is 1.44. The van der Waals surface area contributed by atoms with Crippen molar-refractivity contribution in [2.24, 2.45) is 0 Å². The number of likely N-dealkylation sites (N-methyl/N-ethyl adjacent to an activating group) is 1. The minimum Gasteiger partial charge on any atom is -0.476 e. The van der Waals surface area contributed by atoms with Gasteiger partial charge in [0.25, 0.3) is 0 Å². The van der Waals surface area contributed by atoms with Gasteiger partial charge in [-0.2, -0.15) is 0 Å². The Labute approximate surface area is 125 Å². The molecule has 9 heteroatoms. The number of ether oxygens (including phenoxy) is 1. The number of esters is 1. The molecule has 21 heavy (non-hydrogen) atoms. The number of carbonyl (C=O) groups excluding carboxylic acids is 2. The molecule has 0 radical (unpaired) electrons. The topological polar surface area (TPSA) is 109 Å². The summed E-state index contributed by atoms with van der Waals surface area (Å²) in [5.74, 6) is -1.58. The number of nitrogens with zero attached hydrogens (tertiary/aromatic N) is 2. The van der Waals surface area contributed by atoms with Gasteiger partial charge in [-0.05, 0) is 13.8 Å². The third-order valence-corrected chi connectivity index (χ3v) is 3.30. The van der Waals surface area contributed by atoms with Crippen LogP contribution in [0.15, 0.2) is 5.38 Å². The maximum Gasteiger partial charge on any atom is 0.355 e. The van der Waals surface area contributed by atoms with Crippen LogP contribution in [0.2, 0.25) is 0 Å². The molecule has 8 nitrogen and oxygen atoms in total. The van der Waals surface area contributed by atoms with Crippen molar-refractivity contribution in [3.63, 3.8) is 0 Å². The number of aromatic nitrogens is 1. The third kappa shape index (κ3) is 5.38. The minimum absolute atomic E-state index is 0.0527. The Morgan fingerprint density at radius 2 is 2.14 bits per heavy atom. The lowest BCUT2D eigenvalue weighted by molar-refractivity contribution is -0.143. The van der Waals surface area contributed by atoms with E-state index in [1.807, 2.05) is 0 Å². The lowest BCUT2D eigenvalue weighted by atomic mass is 10.5. The van der Waals surface area contributed by atoms with E-state index in [4.69, 9.17) is 9.84 Å². The van der Waals surface area contributed by atoms with Gasteiger partial charge in [0.15, 0.2) is 5.69 Å². The second kappa shape index (κ2) is 8.20. The molecule has 0 aliphatic carbocycles. The van der Waals surface area contributed by atoms with E-state index in [0.717, 1.165) is 11.3 Å². The number of hydrogen-bond donors (Lipinski definition) is 2. The monoisotopic (exact) mass is 315 g/mol. The van der Waals surface area contributed by atoms with E-state index >= 15 is 0 Å². The predicted octanol–water partition coefficient (Wildman–Crippen LogP) is 0.936. The first-order valence-electron chi connectivity index (χ1n) is 6.34. The maximum atomic E-state index is 11.9. The van der Waals surface area contributed by atoms with E-state index in [1.54, 1.807) is 13.8 Å². The number of aromatic carboxylic acids is 1. The van der Waals surface area contributed by atoms with Gasteiger partial charge in [0.05, 0.1) is 13.2 Å². The standard InChI is InChI=1S/C12H17N3O5S/c1-3-15(6-10(16)20-4-2)12(19)13-5-9-14-8(7-21-9)11(17)18/h7H,3-6H2,1-2H3,(H,13,19)(H,17,18). The highest BCUT2D eigenvalue weighted by molar-refractivity contribution is 7.09. The van der Waals surface area contributed by atoms with Crippen molar-refractivity contribution in [3.05, 3.63) is 16.1 Å². The summed E-state index contributed by atoms with van der Waals surface area (Å²) < 4.78 is 4.78. The van der Waals surface area contributed by atoms with Crippen LogP contribution in [0.1, 0.15) is 29.3 Å². The number of amides is 2. The summed E-state index contributed by atoms with van der Waals surface area (Å²) in [6.45, 7) is 4.02. The molecule has 0 saturated carbocycles. The molecule has 0 aliphatic heterocycles. The summed E-state index contributed by atoms with van der Waals surface area (Å²) in [6, 6.07) is -0.433. The molecule has 2 amide bonds. The highest BCUT2D eigenvalue weighted by atomic mass is 32.1. The summed E-state index contributed by atoms with van der Waals surface area (Å²) in [6.07, 6.45) is 0. The number of carbonyl (C=O) groups is 3. The molecule has 0 unspecified atom stereocenters. The van der Waals surface area contributed by atoms with Gasteiger partial charge in [0, 0.05) is 11.9 Å². The van der Waals surface area contributed by atoms with Gasteiger partial charge >= 0.3 is 18.0 Å². The van der Waals surface area contributed by atoms with Crippen LogP contribution in [-0.2, 0) is 16.1 Å². The van der Waals surface area contributed by atoms with Crippen LogP contribution in [0.3, 0.4) is 0 Å². The molecule has 1 rings (SSSR count). The molecule has 0 aliphatic rings. The first kappa shape index (κ1) is 16.9. The van der Waals surface area contributed by atoms with Crippen LogP contribution in [0.25, 0.3) is 0 Å². The molecule has 0 aromatic carbocycles. The Kier molecular flexibility index (Phi) is 6.60. The Morgan fingerprint density at radius 3 is 2.67 bits per heavy atom. The van der Waals surface area contributed by atoms with Crippen molar-refractivity contribution >= 4 is 29.3 Å². The smallest absolute Gasteiger partial charge is 0.355 e. The Morgan fingerprint density at radius 1 is 1.43 bits per heavy atom. The van der Waals surface area contributed by atoms with Crippen molar-refractivity contribution in [3.8, 4) is 0 Å². The van der Waals surface area contributed by atoms with Crippen molar-refractivity contribution in [1.82, 2.24) is 15.2 Å². The molecule has 1 aromatic heterocycles. The van der Waals surface area contributed by atoms with Crippen molar-refractivity contribution in [2.75, 3.05) is 19.7 Å². The second-order valence-corrected chi connectivity index (χ2v) is 4.85.